The summed E-state index contributed by atoms with van der Waals surface area (Å²) in [5.41, 5.74) is 4.06. The molecule has 53 heavy (non-hydrogen) atoms. The number of hydrogen-bond donors (Lipinski definition) is 2. The fourth-order valence-corrected chi connectivity index (χ4v) is 11.3. The Morgan fingerprint density at radius 2 is 1.62 bits per heavy atom. The van der Waals surface area contributed by atoms with Gasteiger partial charge in [0, 0.05) is 35.5 Å². The van der Waals surface area contributed by atoms with E-state index in [4.69, 9.17) is 9.47 Å². The number of rotatable bonds is 10. The van der Waals surface area contributed by atoms with Crippen LogP contribution in [-0.4, -0.2) is 64.3 Å². The molecule has 5 aromatic rings. The minimum absolute atomic E-state index is 0.0358. The summed E-state index contributed by atoms with van der Waals surface area (Å²) in [6.45, 7) is 6.54. The van der Waals surface area contributed by atoms with Gasteiger partial charge >= 0.3 is 0 Å². The summed E-state index contributed by atoms with van der Waals surface area (Å²) in [5, 5.41) is 18.9. The molecule has 1 saturated heterocycles. The molecule has 0 aliphatic carbocycles. The molecule has 1 spiro atoms. The van der Waals surface area contributed by atoms with Crippen molar-refractivity contribution in [2.24, 2.45) is 5.92 Å². The third kappa shape index (κ3) is 6.05. The van der Waals surface area contributed by atoms with Crippen LogP contribution in [0.15, 0.2) is 109 Å². The number of nitrogens with zero attached hydrogens (tertiary/aromatic N) is 5. The third-order valence-corrected chi connectivity index (χ3v) is 13.6. The van der Waals surface area contributed by atoms with E-state index in [2.05, 4.69) is 10.3 Å². The smallest absolute Gasteiger partial charge is 0.269 e. The van der Waals surface area contributed by atoms with Gasteiger partial charge in [-0.2, -0.15) is 0 Å². The lowest BCUT2D eigenvalue weighted by atomic mass is 9.82. The number of para-hydroxylation sites is 3. The molecule has 0 saturated carbocycles. The molecule has 11 nitrogen and oxygen atoms in total. The number of aliphatic hydroxyl groups excluding tert-OH is 1. The number of ether oxygens (including phenoxy) is 2. The number of carbonyl (C=O) groups is 2. The molecule has 12 heteroatoms. The first-order valence-corrected chi connectivity index (χ1v) is 21.1. The lowest BCUT2D eigenvalue weighted by molar-refractivity contribution is -0.146. The minimum Gasteiger partial charge on any atom is -0.482 e. The van der Waals surface area contributed by atoms with Crippen LogP contribution in [-0.2, 0) is 33.0 Å². The minimum atomic E-state index is -2.86. The van der Waals surface area contributed by atoms with Gasteiger partial charge in [0.2, 0.25) is 0 Å². The van der Waals surface area contributed by atoms with Crippen LogP contribution in [0, 0.1) is 5.92 Å². The maximum atomic E-state index is 14.9. The first-order valence-electron chi connectivity index (χ1n) is 18.1. The van der Waals surface area contributed by atoms with Gasteiger partial charge in [0.25, 0.3) is 11.8 Å². The number of hydrogen-bond acceptors (Lipinski definition) is 8. The van der Waals surface area contributed by atoms with Crippen LogP contribution >= 0.6 is 0 Å². The molecule has 272 valence electrons. The molecule has 8 rings (SSSR count). The number of carbonyl (C=O) groups excluding carboxylic acids is 2. The average molecular weight is 730 g/mol. The Bertz CT molecular complexity index is 2140. The van der Waals surface area contributed by atoms with E-state index in [1.165, 1.54) is 0 Å². The zero-order chi connectivity index (χ0) is 36.9. The Morgan fingerprint density at radius 1 is 0.925 bits per heavy atom. The topological polar surface area (TPSA) is 130 Å². The highest BCUT2D eigenvalue weighted by molar-refractivity contribution is 6.71. The highest BCUT2D eigenvalue weighted by atomic mass is 28.4. The second kappa shape index (κ2) is 13.7. The van der Waals surface area contributed by atoms with Gasteiger partial charge in [0.05, 0.1) is 42.2 Å². The van der Waals surface area contributed by atoms with Crippen LogP contribution < -0.4 is 14.5 Å². The van der Waals surface area contributed by atoms with E-state index in [1.54, 1.807) is 14.5 Å². The summed E-state index contributed by atoms with van der Waals surface area (Å²) in [7, 11) is -2.86. The summed E-state index contributed by atoms with van der Waals surface area (Å²) in [6.07, 6.45) is 1.97. The van der Waals surface area contributed by atoms with Crippen LogP contribution in [0.2, 0.25) is 18.6 Å². The fraction of sp³-hybridized carbons (Fsp3) is 0.317. The third-order valence-electron chi connectivity index (χ3n) is 11.1. The number of amides is 2. The highest BCUT2D eigenvalue weighted by Crippen LogP contribution is 2.59. The molecule has 2 N–H and O–H groups in total. The van der Waals surface area contributed by atoms with Crippen molar-refractivity contribution in [3.8, 4) is 5.75 Å². The standard InChI is InChI=1S/C41H43N5O6Si/c1-27-39(53(2,3)50)37(21-22-44-24-33(42-43-44)31(25-47)29-11-5-4-6-12-29)52-41(27)32-13-7-8-14-34(32)45(40(41)49)23-28-17-19-30(20-18-28)46-35-15-9-10-16-36(35)51-26-38(46)48/h4-20,24,27,31,37,39,47,50H,21-23,25-26H2,1-3H3/t27-,31?,37+,39-,41+/m0/s1. The van der Waals surface area contributed by atoms with Gasteiger partial charge in [-0.1, -0.05) is 84.9 Å². The van der Waals surface area contributed by atoms with Crippen LogP contribution in [0.25, 0.3) is 0 Å². The second-order valence-electron chi connectivity index (χ2n) is 14.8. The van der Waals surface area contributed by atoms with Gasteiger partial charge in [-0.05, 0) is 61.0 Å². The summed E-state index contributed by atoms with van der Waals surface area (Å²) >= 11 is 0. The molecule has 3 aliphatic rings. The van der Waals surface area contributed by atoms with Crippen molar-refractivity contribution in [1.29, 1.82) is 0 Å². The van der Waals surface area contributed by atoms with Crippen molar-refractivity contribution >= 4 is 37.2 Å². The van der Waals surface area contributed by atoms with E-state index in [1.807, 2.05) is 129 Å². The summed E-state index contributed by atoms with van der Waals surface area (Å²) in [5.74, 6) is -0.229. The molecule has 0 bridgehead atoms. The zero-order valence-electron chi connectivity index (χ0n) is 30.0. The van der Waals surface area contributed by atoms with Gasteiger partial charge < -0.3 is 24.3 Å². The lowest BCUT2D eigenvalue weighted by Gasteiger charge is -2.32. The van der Waals surface area contributed by atoms with Gasteiger partial charge in [-0.15, -0.1) is 5.10 Å². The molecule has 1 fully saturated rings. The zero-order valence-corrected chi connectivity index (χ0v) is 31.0. The number of anilines is 3. The predicted octanol–water partition coefficient (Wildman–Crippen LogP) is 5.89. The van der Waals surface area contributed by atoms with Crippen molar-refractivity contribution in [3.05, 3.63) is 132 Å². The normalized spacial score (nSPS) is 22.9. The van der Waals surface area contributed by atoms with Crippen molar-refractivity contribution in [2.75, 3.05) is 23.0 Å². The van der Waals surface area contributed by atoms with E-state index >= 15 is 0 Å². The molecule has 4 aromatic carbocycles. The number of fused-ring (bicyclic) bond motifs is 3. The first-order chi connectivity index (χ1) is 25.6. The van der Waals surface area contributed by atoms with Gasteiger partial charge in [-0.25, -0.2) is 0 Å². The maximum Gasteiger partial charge on any atom is 0.269 e. The largest absolute Gasteiger partial charge is 0.482 e. The summed E-state index contributed by atoms with van der Waals surface area (Å²) in [6, 6.07) is 32.7. The van der Waals surface area contributed by atoms with E-state index in [9.17, 15) is 19.5 Å². The van der Waals surface area contributed by atoms with Gasteiger partial charge in [-0.3, -0.25) is 19.2 Å². The second-order valence-corrected chi connectivity index (χ2v) is 18.7. The number of aryl methyl sites for hydroxylation is 1. The number of benzene rings is 4. The summed E-state index contributed by atoms with van der Waals surface area (Å²) in [4.78, 5) is 43.0. The van der Waals surface area contributed by atoms with Gasteiger partial charge in [0.15, 0.2) is 20.5 Å². The van der Waals surface area contributed by atoms with Gasteiger partial charge in [0.1, 0.15) is 5.75 Å². The predicted molar refractivity (Wildman–Crippen MR) is 202 cm³/mol. The quantitative estimate of drug-likeness (QED) is 0.170. The SMILES string of the molecule is C[C@H]1[C@H]([Si](C)(C)O)[C@@H](CCn2cc(C(CO)c3ccccc3)nn2)O[C@]12C(=O)N(Cc1ccc(N3C(=O)COc4ccccc43)cc1)c1ccccc12. The van der Waals surface area contributed by atoms with Crippen LogP contribution in [0.1, 0.15) is 41.6 Å². The van der Waals surface area contributed by atoms with Crippen molar-refractivity contribution in [2.45, 2.75) is 62.7 Å². The maximum absolute atomic E-state index is 14.9. The molecule has 0 radical (unpaired) electrons. The molecule has 5 atom stereocenters. The number of aromatic nitrogens is 3. The number of aliphatic hydroxyl groups is 1. The molecular formula is C41H43N5O6Si. The Morgan fingerprint density at radius 3 is 2.36 bits per heavy atom. The van der Waals surface area contributed by atoms with E-state index in [0.29, 0.717) is 36.6 Å². The van der Waals surface area contributed by atoms with E-state index < -0.39 is 20.0 Å². The van der Waals surface area contributed by atoms with Crippen LogP contribution in [0.3, 0.4) is 0 Å². The van der Waals surface area contributed by atoms with Crippen molar-refractivity contribution < 1.29 is 29.0 Å². The molecule has 3 aliphatic heterocycles. The molecule has 4 heterocycles. The molecule has 1 aromatic heterocycles. The Labute approximate surface area is 309 Å². The van der Waals surface area contributed by atoms with E-state index in [0.717, 1.165) is 28.1 Å². The Kier molecular flexibility index (Phi) is 9.01. The molecule has 2 amide bonds. The van der Waals surface area contributed by atoms with Crippen LogP contribution in [0.4, 0.5) is 17.1 Å². The monoisotopic (exact) mass is 729 g/mol. The molecule has 1 unspecified atom stereocenters. The first kappa shape index (κ1) is 34.9. The van der Waals surface area contributed by atoms with E-state index in [-0.39, 0.29) is 42.4 Å². The van der Waals surface area contributed by atoms with Crippen molar-refractivity contribution in [3.63, 3.8) is 0 Å². The van der Waals surface area contributed by atoms with Crippen LogP contribution in [0.5, 0.6) is 5.75 Å². The highest BCUT2D eigenvalue weighted by Gasteiger charge is 2.66. The summed E-state index contributed by atoms with van der Waals surface area (Å²) < 4.78 is 14.4. The Hall–Kier alpha value is -5.14. The average Bonchev–Trinajstić information content (AvgIpc) is 3.82. The molecular weight excluding hydrogens is 687 g/mol. The Balaban J connectivity index is 1.04. The lowest BCUT2D eigenvalue weighted by Crippen LogP contribution is -2.46. The fourth-order valence-electron chi connectivity index (χ4n) is 8.67. The van der Waals surface area contributed by atoms with Crippen molar-refractivity contribution in [1.82, 2.24) is 15.0 Å².